The highest BCUT2D eigenvalue weighted by Crippen LogP contribution is 2.42. The van der Waals surface area contributed by atoms with Gasteiger partial charge in [-0.05, 0) is 61.6 Å². The minimum Gasteiger partial charge on any atom is -0.313 e. The van der Waals surface area contributed by atoms with Crippen molar-refractivity contribution in [2.75, 3.05) is 5.32 Å². The zero-order valence-electron chi connectivity index (χ0n) is 16.7. The van der Waals surface area contributed by atoms with Crippen LogP contribution in [0.1, 0.15) is 35.8 Å². The van der Waals surface area contributed by atoms with Crippen LogP contribution in [0.5, 0.6) is 0 Å². The van der Waals surface area contributed by atoms with Crippen LogP contribution in [0.25, 0.3) is 11.1 Å². The number of halogens is 2. The molecule has 0 unspecified atom stereocenters. The Morgan fingerprint density at radius 1 is 1.29 bits per heavy atom. The summed E-state index contributed by atoms with van der Waals surface area (Å²) in [7, 11) is 0. The zero-order chi connectivity index (χ0) is 21.7. The summed E-state index contributed by atoms with van der Waals surface area (Å²) in [6.07, 6.45) is 3.74. The maximum atomic E-state index is 14.9. The number of urea groups is 1. The molecule has 2 amide bonds. The van der Waals surface area contributed by atoms with Gasteiger partial charge in [0, 0.05) is 29.6 Å². The Bertz CT molecular complexity index is 1260. The van der Waals surface area contributed by atoms with Gasteiger partial charge in [0.25, 0.3) is 5.56 Å². The molecule has 0 aliphatic carbocycles. The quantitative estimate of drug-likeness (QED) is 0.625. The predicted molar refractivity (Wildman–Crippen MR) is 115 cm³/mol. The van der Waals surface area contributed by atoms with E-state index in [0.29, 0.717) is 22.7 Å². The Morgan fingerprint density at radius 3 is 2.94 bits per heavy atom. The summed E-state index contributed by atoms with van der Waals surface area (Å²) in [6.45, 7) is 1.85. The third kappa shape index (κ3) is 3.46. The number of fused-ring (bicyclic) bond motifs is 4. The van der Waals surface area contributed by atoms with Crippen molar-refractivity contribution in [1.29, 1.82) is 0 Å². The first-order valence-electron chi connectivity index (χ1n) is 10.0. The summed E-state index contributed by atoms with van der Waals surface area (Å²) < 4.78 is 14.9. The molecule has 0 radical (unpaired) electrons. The predicted octanol–water partition coefficient (Wildman–Crippen LogP) is 4.23. The van der Waals surface area contributed by atoms with E-state index in [1.807, 2.05) is 13.0 Å². The van der Waals surface area contributed by atoms with Crippen LogP contribution in [0.3, 0.4) is 0 Å². The molecule has 31 heavy (non-hydrogen) atoms. The molecule has 1 fully saturated rings. The molecule has 2 aliphatic rings. The third-order valence-corrected chi connectivity index (χ3v) is 6.25. The largest absolute Gasteiger partial charge is 0.322 e. The first-order chi connectivity index (χ1) is 14.9. The molecule has 2 aliphatic heterocycles. The first kappa shape index (κ1) is 19.7. The van der Waals surface area contributed by atoms with E-state index in [4.69, 9.17) is 11.6 Å². The summed E-state index contributed by atoms with van der Waals surface area (Å²) in [4.78, 5) is 30.5. The smallest absolute Gasteiger partial charge is 0.313 e. The number of aromatic nitrogens is 3. The first-order valence-corrected chi connectivity index (χ1v) is 10.4. The van der Waals surface area contributed by atoms with Crippen molar-refractivity contribution in [1.82, 2.24) is 20.1 Å². The number of H-pyrrole nitrogens is 1. The lowest BCUT2D eigenvalue weighted by Gasteiger charge is -2.35. The second-order valence-corrected chi connectivity index (χ2v) is 8.34. The SMILES string of the molecule is Cc1cc(-c2cc(F)c(NC(=O)N3[C@H]4CC[C@@H]3c3n[nH]c(=O)cc3C4)cc2Cl)ccn1. The lowest BCUT2D eigenvalue weighted by molar-refractivity contribution is 0.177. The van der Waals surface area contributed by atoms with Gasteiger partial charge in [-0.15, -0.1) is 0 Å². The Morgan fingerprint density at radius 2 is 2.13 bits per heavy atom. The summed E-state index contributed by atoms with van der Waals surface area (Å²) in [6, 6.07) is 7.15. The molecule has 4 heterocycles. The Kier molecular flexibility index (Phi) is 4.74. The summed E-state index contributed by atoms with van der Waals surface area (Å²) in [5, 5.41) is 9.61. The normalized spacial score (nSPS) is 19.3. The van der Waals surface area contributed by atoms with E-state index in [1.54, 1.807) is 23.2 Å². The molecule has 9 heteroatoms. The molecule has 0 spiro atoms. The van der Waals surface area contributed by atoms with Crippen LogP contribution in [-0.4, -0.2) is 32.2 Å². The van der Waals surface area contributed by atoms with E-state index < -0.39 is 11.8 Å². The van der Waals surface area contributed by atoms with Crippen molar-refractivity contribution in [2.45, 2.75) is 38.3 Å². The zero-order valence-corrected chi connectivity index (χ0v) is 17.4. The number of aryl methyl sites for hydroxylation is 1. The second-order valence-electron chi connectivity index (χ2n) is 7.93. The van der Waals surface area contributed by atoms with Crippen LogP contribution in [0.4, 0.5) is 14.9 Å². The Hall–Kier alpha value is -3.26. The summed E-state index contributed by atoms with van der Waals surface area (Å²) in [5.74, 6) is -0.575. The number of anilines is 1. The number of rotatable bonds is 2. The molecule has 7 nitrogen and oxygen atoms in total. The molecule has 2 bridgehead atoms. The van der Waals surface area contributed by atoms with Gasteiger partial charge in [-0.1, -0.05) is 11.6 Å². The van der Waals surface area contributed by atoms with Gasteiger partial charge in [-0.3, -0.25) is 9.78 Å². The fourth-order valence-corrected chi connectivity index (χ4v) is 4.85. The van der Waals surface area contributed by atoms with Gasteiger partial charge in [-0.2, -0.15) is 5.10 Å². The maximum Gasteiger partial charge on any atom is 0.322 e. The molecule has 1 saturated heterocycles. The van der Waals surface area contributed by atoms with Gasteiger partial charge < -0.3 is 10.2 Å². The number of pyridine rings is 1. The minimum atomic E-state index is -0.575. The summed E-state index contributed by atoms with van der Waals surface area (Å²) >= 11 is 6.41. The maximum absolute atomic E-state index is 14.9. The third-order valence-electron chi connectivity index (χ3n) is 5.94. The van der Waals surface area contributed by atoms with Gasteiger partial charge in [0.2, 0.25) is 0 Å². The molecule has 2 N–H and O–H groups in total. The van der Waals surface area contributed by atoms with Crippen molar-refractivity contribution in [3.8, 4) is 11.1 Å². The van der Waals surface area contributed by atoms with Crippen molar-refractivity contribution < 1.29 is 9.18 Å². The van der Waals surface area contributed by atoms with Gasteiger partial charge >= 0.3 is 6.03 Å². The van der Waals surface area contributed by atoms with E-state index in [0.717, 1.165) is 29.7 Å². The number of hydrogen-bond acceptors (Lipinski definition) is 4. The number of nitrogens with one attached hydrogen (secondary N) is 2. The molecule has 3 aromatic rings. The van der Waals surface area contributed by atoms with E-state index in [9.17, 15) is 14.0 Å². The summed E-state index contributed by atoms with van der Waals surface area (Å²) in [5.41, 5.74) is 3.41. The van der Waals surface area contributed by atoms with E-state index >= 15 is 0 Å². The molecule has 0 saturated carbocycles. The highest BCUT2D eigenvalue weighted by Gasteiger charge is 2.44. The lowest BCUT2D eigenvalue weighted by Crippen LogP contribution is -2.45. The van der Waals surface area contributed by atoms with Gasteiger partial charge in [0.1, 0.15) is 5.82 Å². The molecule has 2 atom stereocenters. The van der Waals surface area contributed by atoms with Crippen LogP contribution < -0.4 is 10.9 Å². The molecule has 1 aromatic carbocycles. The standard InChI is InChI=1S/C22H19ClFN5O2/c1-11-6-12(4-5-25-11)15-9-17(24)18(10-16(15)23)26-22(31)29-14-2-3-19(29)21-13(7-14)8-20(30)27-28-21/h4-6,8-10,14,19H,2-3,7H2,1H3,(H,26,31)(H,27,30)/t14-,19+/m0/s1. The van der Waals surface area contributed by atoms with E-state index in [-0.39, 0.29) is 23.3 Å². The minimum absolute atomic E-state index is 0.0177. The Balaban J connectivity index is 1.42. The Labute approximate surface area is 182 Å². The number of amides is 2. The van der Waals surface area contributed by atoms with Crippen molar-refractivity contribution in [2.24, 2.45) is 0 Å². The topological polar surface area (TPSA) is 91.0 Å². The van der Waals surface area contributed by atoms with Crippen molar-refractivity contribution in [3.63, 3.8) is 0 Å². The van der Waals surface area contributed by atoms with Gasteiger partial charge in [-0.25, -0.2) is 14.3 Å². The van der Waals surface area contributed by atoms with Crippen molar-refractivity contribution >= 4 is 23.3 Å². The molecule has 5 rings (SSSR count). The van der Waals surface area contributed by atoms with Crippen LogP contribution in [0.2, 0.25) is 5.02 Å². The van der Waals surface area contributed by atoms with E-state index in [2.05, 4.69) is 20.5 Å². The van der Waals surface area contributed by atoms with Crippen LogP contribution >= 0.6 is 11.6 Å². The number of benzene rings is 1. The highest BCUT2D eigenvalue weighted by atomic mass is 35.5. The van der Waals surface area contributed by atoms with E-state index in [1.165, 1.54) is 12.1 Å². The highest BCUT2D eigenvalue weighted by molar-refractivity contribution is 6.33. The van der Waals surface area contributed by atoms with Gasteiger partial charge in [0.05, 0.1) is 22.4 Å². The molecule has 2 aromatic heterocycles. The fourth-order valence-electron chi connectivity index (χ4n) is 4.57. The number of hydrogen-bond donors (Lipinski definition) is 2. The van der Waals surface area contributed by atoms with Gasteiger partial charge in [0.15, 0.2) is 0 Å². The number of carbonyl (C=O) groups is 1. The monoisotopic (exact) mass is 439 g/mol. The number of nitrogens with zero attached hydrogens (tertiary/aromatic N) is 3. The number of carbonyl (C=O) groups excluding carboxylic acids is 1. The molecule has 158 valence electrons. The average molecular weight is 440 g/mol. The fraction of sp³-hybridized carbons (Fsp3) is 0.273. The van der Waals surface area contributed by atoms with Crippen LogP contribution in [0.15, 0.2) is 41.3 Å². The number of aromatic amines is 1. The lowest BCUT2D eigenvalue weighted by atomic mass is 9.99. The second kappa shape index (κ2) is 7.46. The van der Waals surface area contributed by atoms with Crippen LogP contribution in [0, 0.1) is 12.7 Å². The van der Waals surface area contributed by atoms with Crippen molar-refractivity contribution in [3.05, 3.63) is 74.7 Å². The molecular formula is C22H19ClFN5O2. The molecular weight excluding hydrogens is 421 g/mol. The average Bonchev–Trinajstić information content (AvgIpc) is 3.05. The van der Waals surface area contributed by atoms with Crippen LogP contribution in [-0.2, 0) is 6.42 Å².